The molecule has 0 heterocycles. The Labute approximate surface area is 208 Å². The van der Waals surface area contributed by atoms with Crippen molar-refractivity contribution in [3.05, 3.63) is 82.3 Å². The number of benzene rings is 3. The Bertz CT molecular complexity index is 1410. The minimum absolute atomic E-state index is 0.0153. The molecule has 0 aliphatic rings. The number of rotatable bonds is 8. The minimum Gasteiger partial charge on any atom is -0.325 e. The number of carbonyl (C=O) groups is 1. The van der Waals surface area contributed by atoms with Crippen LogP contribution in [0.5, 0.6) is 0 Å². The van der Waals surface area contributed by atoms with Crippen LogP contribution in [0.4, 0.5) is 17.1 Å². The quantitative estimate of drug-likeness (QED) is 0.423. The summed E-state index contributed by atoms with van der Waals surface area (Å²) in [6.45, 7) is 3.23. The van der Waals surface area contributed by atoms with Gasteiger partial charge in [-0.1, -0.05) is 28.1 Å². The summed E-state index contributed by atoms with van der Waals surface area (Å²) in [7, 11) is -7.54. The van der Waals surface area contributed by atoms with Gasteiger partial charge in [-0.25, -0.2) is 16.8 Å². The summed E-state index contributed by atoms with van der Waals surface area (Å²) in [4.78, 5) is 12.7. The maximum atomic E-state index is 12.6. The molecule has 11 heteroatoms. The summed E-state index contributed by atoms with van der Waals surface area (Å²) in [5.74, 6) is -0.560. The number of aryl methyl sites for hydroxylation is 1. The van der Waals surface area contributed by atoms with Crippen molar-refractivity contribution in [1.29, 1.82) is 0 Å². The van der Waals surface area contributed by atoms with E-state index < -0.39 is 32.5 Å². The molecule has 0 unspecified atom stereocenters. The average molecular weight is 566 g/mol. The fraction of sp³-hybridized carbons (Fsp3) is 0.174. The zero-order valence-corrected chi connectivity index (χ0v) is 22.0. The van der Waals surface area contributed by atoms with E-state index in [1.807, 2.05) is 13.0 Å². The molecule has 34 heavy (non-hydrogen) atoms. The molecule has 2 N–H and O–H groups in total. The van der Waals surface area contributed by atoms with Crippen molar-refractivity contribution in [3.63, 3.8) is 0 Å². The second-order valence-corrected chi connectivity index (χ2v) is 12.2. The number of amides is 1. The molecule has 0 radical (unpaired) electrons. The lowest BCUT2D eigenvalue weighted by Crippen LogP contribution is -2.38. The van der Waals surface area contributed by atoms with Crippen LogP contribution in [-0.2, 0) is 24.8 Å². The van der Waals surface area contributed by atoms with E-state index in [0.717, 1.165) is 26.2 Å². The number of carbonyl (C=O) groups excluding carboxylic acids is 1. The van der Waals surface area contributed by atoms with E-state index in [-0.39, 0.29) is 4.90 Å². The second-order valence-electron chi connectivity index (χ2n) is 7.67. The summed E-state index contributed by atoms with van der Waals surface area (Å²) in [5, 5.41) is 2.62. The Kier molecular flexibility index (Phi) is 7.69. The van der Waals surface area contributed by atoms with Crippen molar-refractivity contribution in [2.75, 3.05) is 27.1 Å². The van der Waals surface area contributed by atoms with E-state index in [1.54, 1.807) is 43.3 Å². The van der Waals surface area contributed by atoms with E-state index in [2.05, 4.69) is 26.0 Å². The van der Waals surface area contributed by atoms with E-state index >= 15 is 0 Å². The van der Waals surface area contributed by atoms with E-state index in [4.69, 9.17) is 0 Å². The highest BCUT2D eigenvalue weighted by Gasteiger charge is 2.23. The normalized spacial score (nSPS) is 11.6. The van der Waals surface area contributed by atoms with Gasteiger partial charge in [0.15, 0.2) is 0 Å². The minimum atomic E-state index is -3.82. The molecular weight excluding hydrogens is 542 g/mol. The number of sulfonamides is 2. The predicted molar refractivity (Wildman–Crippen MR) is 138 cm³/mol. The highest BCUT2D eigenvalue weighted by Crippen LogP contribution is 2.25. The van der Waals surface area contributed by atoms with Gasteiger partial charge in [0.25, 0.3) is 10.0 Å². The number of hydrogen-bond acceptors (Lipinski definition) is 5. The molecule has 180 valence electrons. The first-order valence-corrected chi connectivity index (χ1v) is 14.2. The molecule has 0 aromatic heterocycles. The third-order valence-electron chi connectivity index (χ3n) is 5.08. The molecule has 3 aromatic rings. The van der Waals surface area contributed by atoms with Gasteiger partial charge in [-0.05, 0) is 79.6 Å². The van der Waals surface area contributed by atoms with Gasteiger partial charge in [-0.15, -0.1) is 0 Å². The lowest BCUT2D eigenvalue weighted by molar-refractivity contribution is -0.114. The Morgan fingerprint density at radius 3 is 2.06 bits per heavy atom. The fourth-order valence-electron chi connectivity index (χ4n) is 3.17. The molecule has 3 rings (SSSR count). The molecule has 0 aliphatic carbocycles. The van der Waals surface area contributed by atoms with Crippen LogP contribution in [-0.4, -0.2) is 35.5 Å². The van der Waals surface area contributed by atoms with Crippen molar-refractivity contribution in [2.45, 2.75) is 18.7 Å². The smallest absolute Gasteiger partial charge is 0.261 e. The van der Waals surface area contributed by atoms with Gasteiger partial charge >= 0.3 is 0 Å². The van der Waals surface area contributed by atoms with Crippen molar-refractivity contribution in [3.8, 4) is 0 Å². The van der Waals surface area contributed by atoms with Crippen LogP contribution < -0.4 is 14.3 Å². The molecule has 0 saturated carbocycles. The van der Waals surface area contributed by atoms with Crippen molar-refractivity contribution in [1.82, 2.24) is 0 Å². The van der Waals surface area contributed by atoms with Crippen LogP contribution in [0.15, 0.2) is 76.1 Å². The Morgan fingerprint density at radius 2 is 1.47 bits per heavy atom. The lowest BCUT2D eigenvalue weighted by Gasteiger charge is -2.24. The summed E-state index contributed by atoms with van der Waals surface area (Å²) in [6.07, 6.45) is 1.04. The molecule has 8 nitrogen and oxygen atoms in total. The van der Waals surface area contributed by atoms with Gasteiger partial charge in [0.1, 0.15) is 6.54 Å². The first-order valence-electron chi connectivity index (χ1n) is 10.1. The zero-order valence-electron chi connectivity index (χ0n) is 18.7. The third kappa shape index (κ3) is 6.37. The maximum absolute atomic E-state index is 12.6. The van der Waals surface area contributed by atoms with E-state index in [1.165, 1.54) is 24.3 Å². The Hall–Kier alpha value is -2.89. The molecule has 0 aliphatic heterocycles. The molecular formula is C23H24BrN3O5S2. The largest absolute Gasteiger partial charge is 0.325 e. The number of nitrogens with zero attached hydrogens (tertiary/aromatic N) is 1. The zero-order chi connectivity index (χ0) is 25.1. The third-order valence-corrected chi connectivity index (χ3v) is 8.13. The van der Waals surface area contributed by atoms with Crippen molar-refractivity contribution < 1.29 is 21.6 Å². The summed E-state index contributed by atoms with van der Waals surface area (Å²) in [6, 6.07) is 17.5. The molecule has 0 fully saturated rings. The molecule has 3 aromatic carbocycles. The van der Waals surface area contributed by atoms with Gasteiger partial charge in [-0.2, -0.15) is 0 Å². The summed E-state index contributed by atoms with van der Waals surface area (Å²) < 4.78 is 54.3. The van der Waals surface area contributed by atoms with E-state index in [0.29, 0.717) is 17.1 Å². The summed E-state index contributed by atoms with van der Waals surface area (Å²) >= 11 is 3.29. The van der Waals surface area contributed by atoms with Crippen LogP contribution >= 0.6 is 15.9 Å². The Balaban J connectivity index is 1.73. The molecule has 0 bridgehead atoms. The van der Waals surface area contributed by atoms with Gasteiger partial charge in [-0.3, -0.25) is 13.8 Å². The van der Waals surface area contributed by atoms with Crippen LogP contribution in [0.3, 0.4) is 0 Å². The lowest BCUT2D eigenvalue weighted by atomic mass is 10.1. The highest BCUT2D eigenvalue weighted by molar-refractivity contribution is 9.10. The fourth-order valence-corrected chi connectivity index (χ4v) is 5.40. The number of halogens is 1. The van der Waals surface area contributed by atoms with Gasteiger partial charge in [0.2, 0.25) is 15.9 Å². The predicted octanol–water partition coefficient (Wildman–Crippen LogP) is 4.27. The standard InChI is InChI=1S/C23H24BrN3O5S2/c1-16-5-4-6-22(17(16)2)27(33(3,29)30)15-23(28)25-19-11-13-21(14-12-19)34(31,32)26-20-9-7-18(24)8-10-20/h4-14,26H,15H2,1-3H3,(H,25,28). The number of nitrogens with one attached hydrogen (secondary N) is 2. The van der Waals surface area contributed by atoms with Gasteiger partial charge in [0.05, 0.1) is 16.8 Å². The van der Waals surface area contributed by atoms with Gasteiger partial charge < -0.3 is 5.32 Å². The first kappa shape index (κ1) is 25.7. The number of anilines is 3. The second kappa shape index (κ2) is 10.2. The highest BCUT2D eigenvalue weighted by atomic mass is 79.9. The van der Waals surface area contributed by atoms with E-state index in [9.17, 15) is 21.6 Å². The summed E-state index contributed by atoms with van der Waals surface area (Å²) in [5.41, 5.74) is 2.83. The number of hydrogen-bond donors (Lipinski definition) is 2. The van der Waals surface area contributed by atoms with Crippen LogP contribution in [0, 0.1) is 13.8 Å². The molecule has 0 spiro atoms. The molecule has 0 atom stereocenters. The molecule has 0 saturated heterocycles. The maximum Gasteiger partial charge on any atom is 0.261 e. The van der Waals surface area contributed by atoms with Crippen LogP contribution in [0.25, 0.3) is 0 Å². The molecule has 1 amide bonds. The van der Waals surface area contributed by atoms with Crippen LogP contribution in [0.1, 0.15) is 11.1 Å². The van der Waals surface area contributed by atoms with Crippen molar-refractivity contribution in [2.24, 2.45) is 0 Å². The average Bonchev–Trinajstić information content (AvgIpc) is 2.75. The first-order chi connectivity index (χ1) is 15.9. The Morgan fingerprint density at radius 1 is 0.882 bits per heavy atom. The SMILES string of the molecule is Cc1cccc(N(CC(=O)Nc2ccc(S(=O)(=O)Nc3ccc(Br)cc3)cc2)S(C)(=O)=O)c1C. The topological polar surface area (TPSA) is 113 Å². The monoisotopic (exact) mass is 565 g/mol. The van der Waals surface area contributed by atoms with Gasteiger partial charge in [0, 0.05) is 15.8 Å². The van der Waals surface area contributed by atoms with Crippen LogP contribution in [0.2, 0.25) is 0 Å². The van der Waals surface area contributed by atoms with Crippen molar-refractivity contribution >= 4 is 58.9 Å².